The monoisotopic (exact) mass is 1360 g/mol. The number of H-pyrrole nitrogens is 3. The second-order valence-electron chi connectivity index (χ2n) is 21.6. The number of aromatic amines is 3. The molecule has 3 atom stereocenters. The van der Waals surface area contributed by atoms with Gasteiger partial charge in [0.15, 0.2) is 5.78 Å². The van der Waals surface area contributed by atoms with Gasteiger partial charge in [-0.3, -0.25) is 19.4 Å². The molecule has 15 rings (SSSR count). The van der Waals surface area contributed by atoms with Crippen LogP contribution in [0.5, 0.6) is 0 Å². The zero-order valence-corrected chi connectivity index (χ0v) is 54.8. The summed E-state index contributed by atoms with van der Waals surface area (Å²) in [4.78, 5) is 89.4. The third-order valence-electron chi connectivity index (χ3n) is 14.9. The van der Waals surface area contributed by atoms with Crippen LogP contribution < -0.4 is 26.8 Å². The van der Waals surface area contributed by atoms with Crippen molar-refractivity contribution in [2.24, 2.45) is 5.92 Å². The fraction of sp³-hybridized carbons (Fsp3) is 0.328. The Labute approximate surface area is 562 Å². The van der Waals surface area contributed by atoms with Gasteiger partial charge in [-0.1, -0.05) is 121 Å². The minimum atomic E-state index is -0.671. The first-order valence-electron chi connectivity index (χ1n) is 30.4. The Morgan fingerprint density at radius 3 is 1.84 bits per heavy atom. The van der Waals surface area contributed by atoms with Crippen molar-refractivity contribution in [1.82, 2.24) is 44.9 Å². The molecule has 6 N–H and O–H groups in total. The standard InChI is InChI=1S/C22H22N4O.C13H12ClN3O.C9H9N.C7H10O4.C6H4Cl2N2O.C6H6N2O3.C4H8O3.H2/c1-15-11-17-9-5-6-10-20(17)26(15)22-24-19-14-27-13-18(19)21(25-22)23-12-16-7-3-2-4-8-16;14-13-16-11-8-18-7-10(11)12(17-13)15-6-9-4-2-1-3-5-9;1-7-6-8-4-2-3-5-9(8)10-7;1-2-11-7(9)5-3-10-4-6(5)8;7-5-3-1-11-2-4(3)9-6(8)10-5;9-5-3-1-11-2-4(3)7-6(10)8-5;1-2-7-4(6)3-5;/h2-11,15,20H,12-14H2,1H3,(H,23,24,25);1-5H,6-8H2,(H,15,16,17);2-6,10H,1H3;5H,2-4H2,1H3;1-2H2;1-2H2,(H2,7,8,9,10);5H,2-3H2,1H3;1H. The third kappa shape index (κ3) is 19.6. The van der Waals surface area contributed by atoms with Crippen LogP contribution in [-0.4, -0.2) is 113 Å². The Hall–Kier alpha value is -9.02. The fourth-order valence-electron chi connectivity index (χ4n) is 10.3. The lowest BCUT2D eigenvalue weighted by atomic mass is 10.0. The summed E-state index contributed by atoms with van der Waals surface area (Å²) in [5, 5.41) is 16.9. The average Bonchev–Trinajstić information content (AvgIpc) is 1.60. The Morgan fingerprint density at radius 1 is 0.653 bits per heavy atom. The van der Waals surface area contributed by atoms with Gasteiger partial charge in [-0.05, 0) is 85.1 Å². The molecule has 0 saturated carbocycles. The molecule has 25 nitrogen and oxygen atoms in total. The number of carbonyl (C=O) groups is 3. The highest BCUT2D eigenvalue weighted by molar-refractivity contribution is 6.32. The Morgan fingerprint density at radius 2 is 1.23 bits per heavy atom. The van der Waals surface area contributed by atoms with Gasteiger partial charge < -0.3 is 63.8 Å². The minimum absolute atomic E-state index is 0. The average molecular weight is 1360 g/mol. The van der Waals surface area contributed by atoms with E-state index in [9.17, 15) is 24.0 Å². The molecule has 3 unspecified atom stereocenters. The van der Waals surface area contributed by atoms with Crippen molar-refractivity contribution in [2.75, 3.05) is 48.6 Å². The molecule has 0 radical (unpaired) electrons. The maximum absolute atomic E-state index is 11.0. The SMILES string of the molecule is CC1C=C2C=CC=CC2N1c1nc2c(c(NCc3ccccc3)n1)COC2.CCOC(=O)C1COCC1=O.CCOC(=O)CO.Cc1cc2ccccc2[nH]1.Clc1nc(Cl)c2c(n1)COC2.Clc1nc2c(c(NCc3ccccc3)n1)COC2.O=c1[nH]c2c(c(=O)[nH]1)COC2.[HH]. The number of rotatable bonds is 11. The maximum atomic E-state index is 11.0. The smallest absolute Gasteiger partial charge is 0.331 e. The highest BCUT2D eigenvalue weighted by atomic mass is 35.5. The number of aliphatic hydroxyl groups is 1. The van der Waals surface area contributed by atoms with Gasteiger partial charge in [-0.25, -0.2) is 34.5 Å². The Kier molecular flexibility index (Phi) is 25.9. The molecular formula is C67H73Cl3N12O13. The van der Waals surface area contributed by atoms with E-state index in [1.807, 2.05) is 30.3 Å². The van der Waals surface area contributed by atoms with Gasteiger partial charge in [0.2, 0.25) is 16.5 Å². The number of Topliss-reactive ketones (excluding diaryl/α,β-unsaturated/α-hetero) is 1. The number of anilines is 3. The topological polar surface area (TPSA) is 322 Å². The molecule has 1 fully saturated rings. The molecule has 28 heteroatoms. The van der Waals surface area contributed by atoms with E-state index >= 15 is 0 Å². The first-order valence-corrected chi connectivity index (χ1v) is 31.5. The van der Waals surface area contributed by atoms with E-state index < -0.39 is 30.2 Å². The largest absolute Gasteiger partial charge is 0.465 e. The van der Waals surface area contributed by atoms with Crippen LogP contribution in [0.1, 0.15) is 84.0 Å². The highest BCUT2D eigenvalue weighted by Gasteiger charge is 2.35. The van der Waals surface area contributed by atoms with Crippen LogP contribution >= 0.6 is 34.8 Å². The maximum Gasteiger partial charge on any atom is 0.331 e. The molecule has 0 spiro atoms. The van der Waals surface area contributed by atoms with Crippen molar-refractivity contribution in [3.8, 4) is 0 Å². The van der Waals surface area contributed by atoms with Gasteiger partial charge in [0.05, 0.1) is 107 Å². The van der Waals surface area contributed by atoms with Gasteiger partial charge in [0, 0.05) is 48.5 Å². The predicted molar refractivity (Wildman–Crippen MR) is 357 cm³/mol. The van der Waals surface area contributed by atoms with Crippen molar-refractivity contribution >= 4 is 81.0 Å². The number of allylic oxidation sites excluding steroid dienone is 2. The number of para-hydroxylation sites is 1. The number of ether oxygens (including phenoxy) is 7. The van der Waals surface area contributed by atoms with Crippen LogP contribution in [0.4, 0.5) is 17.6 Å². The van der Waals surface area contributed by atoms with Crippen molar-refractivity contribution in [2.45, 2.75) is 106 Å². The van der Waals surface area contributed by atoms with Crippen molar-refractivity contribution < 1.29 is 54.1 Å². The first kappa shape index (κ1) is 70.3. The third-order valence-corrected chi connectivity index (χ3v) is 15.5. The summed E-state index contributed by atoms with van der Waals surface area (Å²) in [6, 6.07) is 31.4. The van der Waals surface area contributed by atoms with Crippen molar-refractivity contribution in [3.05, 3.63) is 225 Å². The summed E-state index contributed by atoms with van der Waals surface area (Å²) in [5.41, 5.74) is 12.1. The van der Waals surface area contributed by atoms with E-state index in [2.05, 4.69) is 165 Å². The first-order chi connectivity index (χ1) is 46.1. The molecule has 11 heterocycles. The zero-order chi connectivity index (χ0) is 67.2. The van der Waals surface area contributed by atoms with E-state index in [1.165, 1.54) is 33.3 Å². The summed E-state index contributed by atoms with van der Waals surface area (Å²) in [6.45, 7) is 13.2. The molecule has 7 aliphatic rings. The minimum Gasteiger partial charge on any atom is -0.465 e. The number of fused-ring (bicyclic) bond motifs is 6. The van der Waals surface area contributed by atoms with Crippen LogP contribution in [-0.2, 0) is 113 Å². The second kappa shape index (κ2) is 34.9. The molecule has 3 aromatic carbocycles. The number of aryl methyl sites for hydroxylation is 1. The van der Waals surface area contributed by atoms with Gasteiger partial charge in [-0.2, -0.15) is 4.98 Å². The highest BCUT2D eigenvalue weighted by Crippen LogP contribution is 2.35. The quantitative estimate of drug-likeness (QED) is 0.0304. The molecule has 1 saturated heterocycles. The van der Waals surface area contributed by atoms with E-state index in [1.54, 1.807) is 13.8 Å². The van der Waals surface area contributed by atoms with Crippen LogP contribution in [0.2, 0.25) is 15.7 Å². The lowest BCUT2D eigenvalue weighted by Gasteiger charge is -2.29. The summed E-state index contributed by atoms with van der Waals surface area (Å²) in [6.07, 6.45) is 10.8. The zero-order valence-electron chi connectivity index (χ0n) is 52.5. The number of hydrogen-bond acceptors (Lipinski definition) is 22. The van der Waals surface area contributed by atoms with Crippen molar-refractivity contribution in [3.63, 3.8) is 0 Å². The van der Waals surface area contributed by atoms with Gasteiger partial charge in [0.25, 0.3) is 5.56 Å². The lowest BCUT2D eigenvalue weighted by molar-refractivity contribution is -0.150. The number of carbonyl (C=O) groups excluding carboxylic acids is 3. The number of benzene rings is 3. The normalized spacial score (nSPS) is 16.9. The van der Waals surface area contributed by atoms with Crippen LogP contribution in [0, 0.1) is 12.8 Å². The molecule has 500 valence electrons. The summed E-state index contributed by atoms with van der Waals surface area (Å²) >= 11 is 17.2. The van der Waals surface area contributed by atoms with Crippen LogP contribution in [0.15, 0.2) is 137 Å². The summed E-state index contributed by atoms with van der Waals surface area (Å²) in [7, 11) is 0. The number of ketones is 1. The fourth-order valence-corrected chi connectivity index (χ4v) is 11.0. The predicted octanol–water partition coefficient (Wildman–Crippen LogP) is 9.46. The molecule has 0 bridgehead atoms. The lowest BCUT2D eigenvalue weighted by Crippen LogP contribution is -2.37. The van der Waals surface area contributed by atoms with E-state index in [4.69, 9.17) is 73.6 Å². The molecule has 1 aliphatic carbocycles. The number of hydrogen-bond donors (Lipinski definition) is 6. The number of nitrogens with zero attached hydrogens (tertiary/aromatic N) is 7. The number of aromatic nitrogens is 9. The van der Waals surface area contributed by atoms with Gasteiger partial charge in [-0.15, -0.1) is 0 Å². The number of halogens is 3. The number of esters is 2. The van der Waals surface area contributed by atoms with Gasteiger partial charge >= 0.3 is 17.6 Å². The van der Waals surface area contributed by atoms with Crippen LogP contribution in [0.25, 0.3) is 10.9 Å². The Bertz CT molecular complexity index is 4150. The van der Waals surface area contributed by atoms with Crippen molar-refractivity contribution in [1.29, 1.82) is 0 Å². The molecule has 5 aromatic heterocycles. The van der Waals surface area contributed by atoms with E-state index in [0.717, 1.165) is 57.9 Å². The molecule has 6 aliphatic heterocycles. The van der Waals surface area contributed by atoms with Gasteiger partial charge in [0.1, 0.15) is 35.9 Å². The summed E-state index contributed by atoms with van der Waals surface area (Å²) in [5.74, 6) is 0.535. The molecule has 95 heavy (non-hydrogen) atoms. The number of aliphatic hydroxyl groups excluding tert-OH is 1. The number of nitrogens with one attached hydrogen (secondary N) is 5. The summed E-state index contributed by atoms with van der Waals surface area (Å²) < 4.78 is 34.8. The van der Waals surface area contributed by atoms with E-state index in [-0.39, 0.29) is 48.6 Å². The second-order valence-corrected chi connectivity index (χ2v) is 22.6. The molecular weight excluding hydrogens is 1290 g/mol. The molecule has 8 aromatic rings. The van der Waals surface area contributed by atoms with Crippen LogP contribution in [0.3, 0.4) is 0 Å². The molecule has 0 amide bonds. The van der Waals surface area contributed by atoms with E-state index in [0.29, 0.717) is 89.0 Å². The Balaban J connectivity index is 0.000000150.